The Morgan fingerprint density at radius 2 is 1.86 bits per heavy atom. The number of thioether (sulfide) groups is 1. The highest BCUT2D eigenvalue weighted by Crippen LogP contribution is 2.25. The van der Waals surface area contributed by atoms with Crippen LogP contribution < -0.4 is 9.47 Å². The topological polar surface area (TPSA) is 72.6 Å². The first-order valence-corrected chi connectivity index (χ1v) is 10.3. The third kappa shape index (κ3) is 5.88. The maximum absolute atomic E-state index is 10.1. The van der Waals surface area contributed by atoms with Gasteiger partial charge in [-0.25, -0.2) is 0 Å². The molecule has 7 nitrogen and oxygen atoms in total. The van der Waals surface area contributed by atoms with Crippen molar-refractivity contribution < 1.29 is 14.6 Å². The Morgan fingerprint density at radius 1 is 1.07 bits per heavy atom. The van der Waals surface area contributed by atoms with Gasteiger partial charge in [0, 0.05) is 31.0 Å². The summed E-state index contributed by atoms with van der Waals surface area (Å²) in [7, 11) is 5.53. The summed E-state index contributed by atoms with van der Waals surface area (Å²) < 4.78 is 12.8. The molecule has 0 saturated carbocycles. The lowest BCUT2D eigenvalue weighted by atomic mass is 10.2. The maximum atomic E-state index is 10.1. The molecule has 2 aromatic carbocycles. The van der Waals surface area contributed by atoms with E-state index in [1.54, 1.807) is 24.9 Å². The van der Waals surface area contributed by atoms with Crippen molar-refractivity contribution in [2.75, 3.05) is 26.5 Å². The quantitative estimate of drug-likeness (QED) is 0.403. The largest absolute Gasteiger partial charge is 0.507 e. The Labute approximate surface area is 175 Å². The summed E-state index contributed by atoms with van der Waals surface area (Å²) in [5.41, 5.74) is 0.836. The lowest BCUT2D eigenvalue weighted by Crippen LogP contribution is -2.19. The van der Waals surface area contributed by atoms with Crippen LogP contribution in [0.4, 0.5) is 0 Å². The van der Waals surface area contributed by atoms with Crippen LogP contribution in [0, 0.1) is 0 Å². The summed E-state index contributed by atoms with van der Waals surface area (Å²) >= 11 is 1.62. The summed E-state index contributed by atoms with van der Waals surface area (Å²) in [5, 5.41) is 19.6. The van der Waals surface area contributed by atoms with Gasteiger partial charge in [-0.05, 0) is 25.2 Å². The van der Waals surface area contributed by atoms with E-state index in [0.29, 0.717) is 25.4 Å². The number of ether oxygens (including phenoxy) is 2. The van der Waals surface area contributed by atoms with Crippen molar-refractivity contribution in [2.24, 2.45) is 7.05 Å². The third-order valence-electron chi connectivity index (χ3n) is 4.40. The zero-order chi connectivity index (χ0) is 20.6. The maximum Gasteiger partial charge on any atom is 0.191 e. The van der Waals surface area contributed by atoms with Crippen LogP contribution in [-0.2, 0) is 20.1 Å². The van der Waals surface area contributed by atoms with Crippen LogP contribution in [0.2, 0.25) is 0 Å². The van der Waals surface area contributed by atoms with Crippen molar-refractivity contribution in [3.8, 4) is 17.2 Å². The van der Waals surface area contributed by atoms with Gasteiger partial charge in [0.25, 0.3) is 0 Å². The van der Waals surface area contributed by atoms with Crippen molar-refractivity contribution in [2.45, 2.75) is 18.2 Å². The number of phenolic OH excluding ortho intramolecular Hbond substituents is 1. The van der Waals surface area contributed by atoms with Gasteiger partial charge in [0.05, 0.1) is 20.3 Å². The molecule has 1 heterocycles. The molecule has 0 aliphatic rings. The van der Waals surface area contributed by atoms with Gasteiger partial charge in [0.1, 0.15) is 23.1 Å². The molecule has 0 atom stereocenters. The van der Waals surface area contributed by atoms with E-state index in [9.17, 15) is 5.11 Å². The van der Waals surface area contributed by atoms with E-state index >= 15 is 0 Å². The first kappa shape index (κ1) is 21.0. The number of hydrogen-bond donors (Lipinski definition) is 1. The highest BCUT2D eigenvalue weighted by Gasteiger charge is 2.13. The van der Waals surface area contributed by atoms with Crippen LogP contribution in [0.15, 0.2) is 53.7 Å². The van der Waals surface area contributed by atoms with E-state index in [1.807, 2.05) is 61.1 Å². The zero-order valence-corrected chi connectivity index (χ0v) is 17.7. The molecule has 29 heavy (non-hydrogen) atoms. The molecule has 0 aliphatic heterocycles. The van der Waals surface area contributed by atoms with Gasteiger partial charge >= 0.3 is 0 Å². The average Bonchev–Trinajstić information content (AvgIpc) is 3.07. The summed E-state index contributed by atoms with van der Waals surface area (Å²) in [4.78, 5) is 2.08. The van der Waals surface area contributed by atoms with E-state index in [0.717, 1.165) is 28.0 Å². The molecular formula is C21H26N4O3S. The predicted octanol–water partition coefficient (Wildman–Crippen LogP) is 3.33. The fourth-order valence-corrected chi connectivity index (χ4v) is 3.56. The Kier molecular flexibility index (Phi) is 7.37. The van der Waals surface area contributed by atoms with Gasteiger partial charge in [0.2, 0.25) is 0 Å². The summed E-state index contributed by atoms with van der Waals surface area (Å²) in [5.74, 6) is 3.39. The number of phenols is 1. The number of aromatic nitrogens is 3. The molecule has 0 fully saturated rings. The fraction of sp³-hybridized carbons (Fsp3) is 0.333. The third-order valence-corrected chi connectivity index (χ3v) is 5.38. The molecule has 0 saturated heterocycles. The number of rotatable bonds is 10. The van der Waals surface area contributed by atoms with Crippen LogP contribution in [0.1, 0.15) is 11.4 Å². The molecule has 0 unspecified atom stereocenters. The van der Waals surface area contributed by atoms with Gasteiger partial charge in [-0.2, -0.15) is 0 Å². The molecule has 3 rings (SSSR count). The molecule has 8 heteroatoms. The molecule has 1 N–H and O–H groups in total. The van der Waals surface area contributed by atoms with Gasteiger partial charge in [0.15, 0.2) is 5.16 Å². The highest BCUT2D eigenvalue weighted by atomic mass is 32.2. The minimum absolute atomic E-state index is 0.226. The SMILES string of the molecule is COc1ccc(CN(C)Cc2nnc(SCCOc3ccccc3)n2C)c(O)c1. The molecule has 1 aromatic heterocycles. The fourth-order valence-electron chi connectivity index (χ4n) is 2.81. The molecular weight excluding hydrogens is 388 g/mol. The molecule has 0 radical (unpaired) electrons. The second kappa shape index (κ2) is 10.2. The van der Waals surface area contributed by atoms with Gasteiger partial charge in [-0.1, -0.05) is 36.0 Å². The van der Waals surface area contributed by atoms with E-state index in [2.05, 4.69) is 15.1 Å². The molecule has 154 valence electrons. The average molecular weight is 415 g/mol. The van der Waals surface area contributed by atoms with E-state index in [-0.39, 0.29) is 5.75 Å². The number of hydrogen-bond acceptors (Lipinski definition) is 7. The van der Waals surface area contributed by atoms with Crippen molar-refractivity contribution >= 4 is 11.8 Å². The molecule has 3 aromatic rings. The van der Waals surface area contributed by atoms with Crippen LogP contribution in [0.3, 0.4) is 0 Å². The molecule has 0 amide bonds. The van der Waals surface area contributed by atoms with Crippen LogP contribution in [0.25, 0.3) is 0 Å². The number of nitrogens with zero attached hydrogens (tertiary/aromatic N) is 4. The van der Waals surface area contributed by atoms with E-state index in [4.69, 9.17) is 9.47 Å². The van der Waals surface area contributed by atoms with E-state index < -0.39 is 0 Å². The Morgan fingerprint density at radius 3 is 2.59 bits per heavy atom. The summed E-state index contributed by atoms with van der Waals surface area (Å²) in [6.07, 6.45) is 0. The van der Waals surface area contributed by atoms with Gasteiger partial charge in [-0.3, -0.25) is 4.90 Å². The number of para-hydroxylation sites is 1. The standard InChI is InChI=1S/C21H26N4O3S/c1-24(14-16-9-10-18(27-3)13-19(16)26)15-20-22-23-21(25(20)2)29-12-11-28-17-7-5-4-6-8-17/h4-10,13,26H,11-12,14-15H2,1-3H3. The lowest BCUT2D eigenvalue weighted by Gasteiger charge is -2.17. The normalized spacial score (nSPS) is 11.0. The van der Waals surface area contributed by atoms with Crippen molar-refractivity contribution in [1.82, 2.24) is 19.7 Å². The number of aromatic hydroxyl groups is 1. The zero-order valence-electron chi connectivity index (χ0n) is 16.9. The Balaban J connectivity index is 1.49. The Hall–Kier alpha value is -2.71. The van der Waals surface area contributed by atoms with Crippen molar-refractivity contribution in [1.29, 1.82) is 0 Å². The summed E-state index contributed by atoms with van der Waals surface area (Å²) in [6.45, 7) is 1.82. The first-order valence-electron chi connectivity index (χ1n) is 9.30. The minimum atomic E-state index is 0.226. The molecule has 0 spiro atoms. The van der Waals surface area contributed by atoms with Crippen LogP contribution in [-0.4, -0.2) is 51.3 Å². The molecule has 0 bridgehead atoms. The first-order chi connectivity index (χ1) is 14.1. The lowest BCUT2D eigenvalue weighted by molar-refractivity contribution is 0.300. The number of methoxy groups -OCH3 is 1. The molecule has 0 aliphatic carbocycles. The van der Waals surface area contributed by atoms with Crippen LogP contribution >= 0.6 is 11.8 Å². The van der Waals surface area contributed by atoms with Gasteiger partial charge < -0.3 is 19.1 Å². The van der Waals surface area contributed by atoms with Gasteiger partial charge in [-0.15, -0.1) is 10.2 Å². The monoisotopic (exact) mass is 414 g/mol. The van der Waals surface area contributed by atoms with Crippen molar-refractivity contribution in [3.63, 3.8) is 0 Å². The Bertz CT molecular complexity index is 918. The predicted molar refractivity (Wildman–Crippen MR) is 113 cm³/mol. The van der Waals surface area contributed by atoms with Crippen molar-refractivity contribution in [3.05, 3.63) is 59.9 Å². The number of benzene rings is 2. The summed E-state index contributed by atoms with van der Waals surface area (Å²) in [6, 6.07) is 15.1. The smallest absolute Gasteiger partial charge is 0.191 e. The highest BCUT2D eigenvalue weighted by molar-refractivity contribution is 7.99. The second-order valence-electron chi connectivity index (χ2n) is 6.63. The second-order valence-corrected chi connectivity index (χ2v) is 7.70. The van der Waals surface area contributed by atoms with Crippen LogP contribution in [0.5, 0.6) is 17.2 Å². The van der Waals surface area contributed by atoms with E-state index in [1.165, 1.54) is 0 Å². The minimum Gasteiger partial charge on any atom is -0.507 e.